The second-order valence-electron chi connectivity index (χ2n) is 6.10. The van der Waals surface area contributed by atoms with Crippen molar-refractivity contribution in [2.75, 3.05) is 11.1 Å². The van der Waals surface area contributed by atoms with Gasteiger partial charge in [0.1, 0.15) is 11.6 Å². The molecule has 7 heteroatoms. The number of benzene rings is 1. The predicted molar refractivity (Wildman–Crippen MR) is 92.4 cm³/mol. The lowest BCUT2D eigenvalue weighted by molar-refractivity contribution is -0.113. The zero-order valence-corrected chi connectivity index (χ0v) is 14.2. The van der Waals surface area contributed by atoms with Gasteiger partial charge in [-0.2, -0.15) is 0 Å². The summed E-state index contributed by atoms with van der Waals surface area (Å²) in [5, 5.41) is 10.3. The number of aromatic nitrogens is 3. The van der Waals surface area contributed by atoms with Crippen molar-refractivity contribution in [3.8, 4) is 0 Å². The molecule has 0 aliphatic heterocycles. The number of nitrogens with zero attached hydrogens (tertiary/aromatic N) is 2. The van der Waals surface area contributed by atoms with Crippen LogP contribution in [0.2, 0.25) is 0 Å². The van der Waals surface area contributed by atoms with Crippen LogP contribution in [0.25, 0.3) is 0 Å². The number of amides is 1. The van der Waals surface area contributed by atoms with Crippen molar-refractivity contribution in [3.63, 3.8) is 0 Å². The van der Waals surface area contributed by atoms with Gasteiger partial charge in [-0.15, -0.1) is 5.10 Å². The maximum atomic E-state index is 13.1. The van der Waals surface area contributed by atoms with E-state index in [1.807, 2.05) is 0 Å². The van der Waals surface area contributed by atoms with E-state index in [1.165, 1.54) is 49.6 Å². The highest BCUT2D eigenvalue weighted by molar-refractivity contribution is 7.99. The van der Waals surface area contributed by atoms with E-state index in [1.54, 1.807) is 12.1 Å². The summed E-state index contributed by atoms with van der Waals surface area (Å²) in [6.07, 6.45) is 7.42. The van der Waals surface area contributed by atoms with Gasteiger partial charge in [0.05, 0.1) is 5.75 Å². The van der Waals surface area contributed by atoms with E-state index in [9.17, 15) is 9.18 Å². The van der Waals surface area contributed by atoms with Crippen LogP contribution in [-0.2, 0) is 11.2 Å². The van der Waals surface area contributed by atoms with Gasteiger partial charge in [0.15, 0.2) is 0 Å². The molecule has 2 N–H and O–H groups in total. The Morgan fingerprint density at radius 2 is 2.21 bits per heavy atom. The van der Waals surface area contributed by atoms with Gasteiger partial charge in [-0.3, -0.25) is 9.89 Å². The summed E-state index contributed by atoms with van der Waals surface area (Å²) in [5.41, 5.74) is 0.452. The van der Waals surface area contributed by atoms with Crippen molar-refractivity contribution < 1.29 is 9.18 Å². The van der Waals surface area contributed by atoms with Gasteiger partial charge in [0.25, 0.3) is 0 Å². The summed E-state index contributed by atoms with van der Waals surface area (Å²) in [7, 11) is 0. The van der Waals surface area contributed by atoms with Gasteiger partial charge in [-0.25, -0.2) is 9.37 Å². The molecule has 128 valence electrons. The first-order valence-corrected chi connectivity index (χ1v) is 9.27. The second-order valence-corrected chi connectivity index (χ2v) is 7.04. The molecule has 1 aliphatic rings. The zero-order chi connectivity index (χ0) is 16.8. The van der Waals surface area contributed by atoms with Crippen LogP contribution in [-0.4, -0.2) is 26.8 Å². The number of hydrogen-bond donors (Lipinski definition) is 2. The Kier molecular flexibility index (Phi) is 5.85. The van der Waals surface area contributed by atoms with Crippen LogP contribution in [0.1, 0.15) is 37.9 Å². The lowest BCUT2D eigenvalue weighted by atomic mass is 10.0. The Morgan fingerprint density at radius 3 is 3.00 bits per heavy atom. The number of thioether (sulfide) groups is 1. The fourth-order valence-electron chi connectivity index (χ4n) is 2.99. The number of rotatable bonds is 7. The average molecular weight is 348 g/mol. The molecular formula is C17H21FN4OS. The first-order chi connectivity index (χ1) is 11.7. The highest BCUT2D eigenvalue weighted by Crippen LogP contribution is 2.28. The quantitative estimate of drug-likeness (QED) is 0.747. The molecule has 1 aliphatic carbocycles. The van der Waals surface area contributed by atoms with E-state index >= 15 is 0 Å². The molecule has 1 saturated carbocycles. The maximum absolute atomic E-state index is 13.1. The lowest BCUT2D eigenvalue weighted by Gasteiger charge is -2.05. The summed E-state index contributed by atoms with van der Waals surface area (Å²) in [6.45, 7) is 0. The Hall–Kier alpha value is -1.89. The SMILES string of the molecule is O=C(CSc1n[nH]c(CCC2CCCC2)n1)Nc1cccc(F)c1. The third-order valence-electron chi connectivity index (χ3n) is 4.22. The maximum Gasteiger partial charge on any atom is 0.234 e. The average Bonchev–Trinajstić information content (AvgIpc) is 3.23. The number of aromatic amines is 1. The van der Waals surface area contributed by atoms with E-state index in [-0.39, 0.29) is 17.5 Å². The summed E-state index contributed by atoms with van der Waals surface area (Å²) < 4.78 is 13.1. The Balaban J connectivity index is 1.42. The summed E-state index contributed by atoms with van der Waals surface area (Å²) in [4.78, 5) is 16.3. The van der Waals surface area contributed by atoms with Crippen molar-refractivity contribution >= 4 is 23.4 Å². The van der Waals surface area contributed by atoms with Crippen LogP contribution in [0.4, 0.5) is 10.1 Å². The molecule has 5 nitrogen and oxygen atoms in total. The van der Waals surface area contributed by atoms with Crippen molar-refractivity contribution in [2.45, 2.75) is 43.7 Å². The molecule has 1 aromatic carbocycles. The third kappa shape index (κ3) is 5.06. The molecule has 1 heterocycles. The van der Waals surface area contributed by atoms with E-state index in [0.29, 0.717) is 10.8 Å². The van der Waals surface area contributed by atoms with E-state index in [2.05, 4.69) is 20.5 Å². The van der Waals surface area contributed by atoms with Crippen molar-refractivity contribution in [3.05, 3.63) is 35.9 Å². The zero-order valence-electron chi connectivity index (χ0n) is 13.4. The molecular weight excluding hydrogens is 327 g/mol. The van der Waals surface area contributed by atoms with E-state index in [0.717, 1.165) is 24.6 Å². The third-order valence-corrected chi connectivity index (χ3v) is 5.06. The molecule has 0 unspecified atom stereocenters. The van der Waals surface area contributed by atoms with Crippen LogP contribution < -0.4 is 5.32 Å². The number of nitrogens with one attached hydrogen (secondary N) is 2. The fourth-order valence-corrected chi connectivity index (χ4v) is 3.60. The molecule has 0 saturated heterocycles. The molecule has 1 fully saturated rings. The minimum atomic E-state index is -0.374. The lowest BCUT2D eigenvalue weighted by Crippen LogP contribution is -2.14. The fraction of sp³-hybridized carbons (Fsp3) is 0.471. The van der Waals surface area contributed by atoms with Gasteiger partial charge >= 0.3 is 0 Å². The topological polar surface area (TPSA) is 70.7 Å². The molecule has 0 atom stereocenters. The standard InChI is InChI=1S/C17H21FN4OS/c18-13-6-3-7-14(10-13)19-16(23)11-24-17-20-15(21-22-17)9-8-12-4-1-2-5-12/h3,6-7,10,12H,1-2,4-5,8-9,11H2,(H,19,23)(H,20,21,22). The van der Waals surface area contributed by atoms with Crippen molar-refractivity contribution in [2.24, 2.45) is 5.92 Å². The predicted octanol–water partition coefficient (Wildman–Crippen LogP) is 3.80. The Bertz CT molecular complexity index is 685. The second kappa shape index (κ2) is 8.28. The van der Waals surface area contributed by atoms with Gasteiger partial charge in [0.2, 0.25) is 11.1 Å². The molecule has 0 spiro atoms. The largest absolute Gasteiger partial charge is 0.325 e. The minimum absolute atomic E-state index is 0.191. The number of halogens is 1. The number of hydrogen-bond acceptors (Lipinski definition) is 4. The van der Waals surface area contributed by atoms with Crippen LogP contribution in [0.15, 0.2) is 29.4 Å². The van der Waals surface area contributed by atoms with E-state index in [4.69, 9.17) is 0 Å². The van der Waals surface area contributed by atoms with Gasteiger partial charge in [0, 0.05) is 12.1 Å². The monoisotopic (exact) mass is 348 g/mol. The van der Waals surface area contributed by atoms with Gasteiger partial charge < -0.3 is 5.32 Å². The first kappa shape index (κ1) is 17.0. The van der Waals surface area contributed by atoms with Gasteiger partial charge in [-0.1, -0.05) is 43.5 Å². The number of H-pyrrole nitrogens is 1. The summed E-state index contributed by atoms with van der Waals surface area (Å²) in [5.74, 6) is 1.32. The summed E-state index contributed by atoms with van der Waals surface area (Å²) in [6, 6.07) is 5.84. The highest BCUT2D eigenvalue weighted by Gasteiger charge is 2.16. The van der Waals surface area contributed by atoms with Crippen LogP contribution >= 0.6 is 11.8 Å². The molecule has 2 aromatic rings. The first-order valence-electron chi connectivity index (χ1n) is 8.28. The Morgan fingerprint density at radius 1 is 1.38 bits per heavy atom. The van der Waals surface area contributed by atoms with Crippen LogP contribution in [0.5, 0.6) is 0 Å². The normalized spacial score (nSPS) is 14.9. The van der Waals surface area contributed by atoms with Crippen LogP contribution in [0, 0.1) is 11.7 Å². The minimum Gasteiger partial charge on any atom is -0.325 e. The Labute approximate surface area is 144 Å². The molecule has 24 heavy (non-hydrogen) atoms. The van der Waals surface area contributed by atoms with Crippen molar-refractivity contribution in [1.82, 2.24) is 15.2 Å². The summed E-state index contributed by atoms with van der Waals surface area (Å²) >= 11 is 1.27. The number of anilines is 1. The number of carbonyl (C=O) groups is 1. The molecule has 0 radical (unpaired) electrons. The molecule has 1 amide bonds. The number of aryl methyl sites for hydroxylation is 1. The highest BCUT2D eigenvalue weighted by atomic mass is 32.2. The van der Waals surface area contributed by atoms with Gasteiger partial charge in [-0.05, 0) is 30.5 Å². The molecule has 1 aromatic heterocycles. The molecule has 0 bridgehead atoms. The van der Waals surface area contributed by atoms with E-state index < -0.39 is 0 Å². The smallest absolute Gasteiger partial charge is 0.234 e. The van der Waals surface area contributed by atoms with Crippen molar-refractivity contribution in [1.29, 1.82) is 0 Å². The molecule has 3 rings (SSSR count). The number of carbonyl (C=O) groups excluding carboxylic acids is 1. The van der Waals surface area contributed by atoms with Crippen LogP contribution in [0.3, 0.4) is 0 Å².